The molecule has 0 spiro atoms. The van der Waals surface area contributed by atoms with Crippen molar-refractivity contribution in [1.82, 2.24) is 0 Å². The number of benzene rings is 1. The first-order chi connectivity index (χ1) is 6.93. The molecule has 1 aromatic carbocycles. The van der Waals surface area contributed by atoms with Crippen molar-refractivity contribution in [3.8, 4) is 0 Å². The summed E-state index contributed by atoms with van der Waals surface area (Å²) >= 11 is 5.98. The van der Waals surface area contributed by atoms with Crippen LogP contribution in [-0.2, 0) is 0 Å². The van der Waals surface area contributed by atoms with Crippen molar-refractivity contribution >= 4 is 11.6 Å². The molecule has 0 saturated heterocycles. The summed E-state index contributed by atoms with van der Waals surface area (Å²) in [6.45, 7) is 6.15. The van der Waals surface area contributed by atoms with Gasteiger partial charge in [0.05, 0.1) is 0 Å². The van der Waals surface area contributed by atoms with Crippen LogP contribution < -0.4 is 5.73 Å². The van der Waals surface area contributed by atoms with Gasteiger partial charge in [0.15, 0.2) is 0 Å². The maximum atomic E-state index is 12.9. The number of halogens is 2. The van der Waals surface area contributed by atoms with Crippen LogP contribution >= 0.6 is 11.6 Å². The Morgan fingerprint density at radius 3 is 2.33 bits per heavy atom. The largest absolute Gasteiger partial charge is 0.327 e. The molecule has 0 aromatic heterocycles. The molecule has 0 aliphatic rings. The quantitative estimate of drug-likeness (QED) is 0.843. The second-order valence-corrected chi connectivity index (χ2v) is 4.68. The van der Waals surface area contributed by atoms with E-state index in [1.54, 1.807) is 6.07 Å². The van der Waals surface area contributed by atoms with Crippen molar-refractivity contribution in [2.75, 3.05) is 0 Å². The van der Waals surface area contributed by atoms with Crippen molar-refractivity contribution in [3.05, 3.63) is 34.6 Å². The zero-order valence-corrected chi connectivity index (χ0v) is 10.1. The molecule has 0 bridgehead atoms. The summed E-state index contributed by atoms with van der Waals surface area (Å²) in [5.74, 6) is 0.202. The van der Waals surface area contributed by atoms with Gasteiger partial charge in [-0.3, -0.25) is 0 Å². The molecule has 1 aromatic rings. The van der Waals surface area contributed by atoms with Gasteiger partial charge < -0.3 is 5.73 Å². The highest BCUT2D eigenvalue weighted by Crippen LogP contribution is 2.29. The lowest BCUT2D eigenvalue weighted by atomic mass is 9.87. The minimum Gasteiger partial charge on any atom is -0.327 e. The average Bonchev–Trinajstić information content (AvgIpc) is 2.15. The van der Waals surface area contributed by atoms with Gasteiger partial charge in [-0.15, -0.1) is 0 Å². The second kappa shape index (κ2) is 4.95. The van der Waals surface area contributed by atoms with Gasteiger partial charge in [-0.1, -0.05) is 38.4 Å². The molecule has 84 valence electrons. The van der Waals surface area contributed by atoms with Crippen molar-refractivity contribution in [2.24, 2.45) is 11.7 Å². The number of rotatable bonds is 3. The van der Waals surface area contributed by atoms with E-state index in [1.165, 1.54) is 12.1 Å². The monoisotopic (exact) mass is 229 g/mol. The summed E-state index contributed by atoms with van der Waals surface area (Å²) < 4.78 is 12.9. The molecule has 0 radical (unpaired) electrons. The number of nitrogens with two attached hydrogens (primary N) is 1. The van der Waals surface area contributed by atoms with E-state index in [0.717, 1.165) is 5.56 Å². The molecule has 1 nitrogen and oxygen atoms in total. The first-order valence-corrected chi connectivity index (χ1v) is 5.51. The van der Waals surface area contributed by atoms with Crippen LogP contribution in [0.3, 0.4) is 0 Å². The molecule has 0 amide bonds. The Morgan fingerprint density at radius 2 is 1.87 bits per heavy atom. The summed E-state index contributed by atoms with van der Waals surface area (Å²) in [4.78, 5) is 0. The zero-order valence-electron chi connectivity index (χ0n) is 9.30. The lowest BCUT2D eigenvalue weighted by Crippen LogP contribution is -2.32. The molecule has 2 N–H and O–H groups in total. The molecule has 3 heteroatoms. The Kier molecular flexibility index (Phi) is 4.12. The van der Waals surface area contributed by atoms with Gasteiger partial charge >= 0.3 is 0 Å². The van der Waals surface area contributed by atoms with Crippen LogP contribution in [0.1, 0.15) is 32.3 Å². The van der Waals surface area contributed by atoms with Crippen molar-refractivity contribution in [3.63, 3.8) is 0 Å². The highest BCUT2D eigenvalue weighted by Gasteiger charge is 2.20. The van der Waals surface area contributed by atoms with E-state index in [-0.39, 0.29) is 17.8 Å². The van der Waals surface area contributed by atoms with E-state index in [2.05, 4.69) is 13.8 Å². The molecule has 2 atom stereocenters. The Labute approximate surface area is 95.4 Å². The van der Waals surface area contributed by atoms with Gasteiger partial charge in [0, 0.05) is 11.1 Å². The SMILES string of the molecule is CC(C)C(N)C(C)c1ccc(F)cc1Cl. The van der Waals surface area contributed by atoms with Crippen LogP contribution in [0.4, 0.5) is 4.39 Å². The summed E-state index contributed by atoms with van der Waals surface area (Å²) in [5, 5.41) is 0.457. The van der Waals surface area contributed by atoms with Gasteiger partial charge in [-0.05, 0) is 29.5 Å². The van der Waals surface area contributed by atoms with E-state index in [9.17, 15) is 4.39 Å². The third-order valence-corrected chi connectivity index (χ3v) is 3.13. The minimum atomic E-state index is -0.311. The average molecular weight is 230 g/mol. The predicted octanol–water partition coefficient (Wildman–Crippen LogP) is 3.57. The topological polar surface area (TPSA) is 26.0 Å². The molecule has 0 fully saturated rings. The van der Waals surface area contributed by atoms with E-state index in [1.807, 2.05) is 6.92 Å². The van der Waals surface area contributed by atoms with Crippen molar-refractivity contribution < 1.29 is 4.39 Å². The Bertz CT molecular complexity index is 338. The molecule has 1 rings (SSSR count). The maximum absolute atomic E-state index is 12.9. The first-order valence-electron chi connectivity index (χ1n) is 5.14. The molecule has 0 aliphatic heterocycles. The molecule has 0 aliphatic carbocycles. The Hall–Kier alpha value is -0.600. The van der Waals surface area contributed by atoms with Gasteiger partial charge in [0.25, 0.3) is 0 Å². The normalized spacial score (nSPS) is 15.4. The number of hydrogen-bond donors (Lipinski definition) is 1. The lowest BCUT2D eigenvalue weighted by molar-refractivity contribution is 0.434. The Balaban J connectivity index is 2.96. The van der Waals surface area contributed by atoms with Crippen LogP contribution in [0.2, 0.25) is 5.02 Å². The van der Waals surface area contributed by atoms with Crippen molar-refractivity contribution in [2.45, 2.75) is 32.7 Å². The molecule has 0 saturated carbocycles. The lowest BCUT2D eigenvalue weighted by Gasteiger charge is -2.24. The van der Waals surface area contributed by atoms with E-state index >= 15 is 0 Å². The smallest absolute Gasteiger partial charge is 0.124 e. The Morgan fingerprint density at radius 1 is 1.27 bits per heavy atom. The van der Waals surface area contributed by atoms with Crippen LogP contribution in [0.5, 0.6) is 0 Å². The van der Waals surface area contributed by atoms with Crippen LogP contribution in [0.15, 0.2) is 18.2 Å². The van der Waals surface area contributed by atoms with Crippen molar-refractivity contribution in [1.29, 1.82) is 0 Å². The van der Waals surface area contributed by atoms with Crippen LogP contribution in [0, 0.1) is 11.7 Å². The molecule has 15 heavy (non-hydrogen) atoms. The van der Waals surface area contributed by atoms with E-state index in [4.69, 9.17) is 17.3 Å². The standard InChI is InChI=1S/C12H17ClFN/c1-7(2)12(15)8(3)10-5-4-9(14)6-11(10)13/h4-8,12H,15H2,1-3H3. The van der Waals surface area contributed by atoms with Gasteiger partial charge in [0.1, 0.15) is 5.82 Å². The van der Waals surface area contributed by atoms with Gasteiger partial charge in [-0.25, -0.2) is 4.39 Å². The highest BCUT2D eigenvalue weighted by molar-refractivity contribution is 6.31. The molecular weight excluding hydrogens is 213 g/mol. The summed E-state index contributed by atoms with van der Waals surface area (Å²) in [7, 11) is 0. The third-order valence-electron chi connectivity index (χ3n) is 2.80. The maximum Gasteiger partial charge on any atom is 0.124 e. The van der Waals surface area contributed by atoms with Crippen LogP contribution in [-0.4, -0.2) is 6.04 Å². The fourth-order valence-corrected chi connectivity index (χ4v) is 1.99. The third kappa shape index (κ3) is 2.93. The summed E-state index contributed by atoms with van der Waals surface area (Å²) in [5.41, 5.74) is 6.96. The van der Waals surface area contributed by atoms with E-state index < -0.39 is 0 Å². The number of hydrogen-bond acceptors (Lipinski definition) is 1. The predicted molar refractivity (Wildman–Crippen MR) is 62.6 cm³/mol. The van der Waals surface area contributed by atoms with Crippen LogP contribution in [0.25, 0.3) is 0 Å². The molecular formula is C12H17ClFN. The van der Waals surface area contributed by atoms with E-state index in [0.29, 0.717) is 10.9 Å². The van der Waals surface area contributed by atoms with Gasteiger partial charge in [0.2, 0.25) is 0 Å². The highest BCUT2D eigenvalue weighted by atomic mass is 35.5. The fraction of sp³-hybridized carbons (Fsp3) is 0.500. The second-order valence-electron chi connectivity index (χ2n) is 4.28. The zero-order chi connectivity index (χ0) is 11.6. The minimum absolute atomic E-state index is 0.0351. The van der Waals surface area contributed by atoms with Gasteiger partial charge in [-0.2, -0.15) is 0 Å². The summed E-state index contributed by atoms with van der Waals surface area (Å²) in [6, 6.07) is 4.50. The first kappa shape index (κ1) is 12.5. The fourth-order valence-electron chi connectivity index (χ4n) is 1.66. The molecule has 2 unspecified atom stereocenters. The summed E-state index contributed by atoms with van der Waals surface area (Å²) in [6.07, 6.45) is 0. The molecule has 0 heterocycles.